The maximum absolute atomic E-state index is 10.3. The van der Waals surface area contributed by atoms with E-state index in [0.717, 1.165) is 17.0 Å². The van der Waals surface area contributed by atoms with Crippen molar-refractivity contribution in [3.63, 3.8) is 0 Å². The van der Waals surface area contributed by atoms with Gasteiger partial charge < -0.3 is 5.11 Å². The van der Waals surface area contributed by atoms with Gasteiger partial charge in [0.2, 0.25) is 0 Å². The van der Waals surface area contributed by atoms with Gasteiger partial charge in [0.15, 0.2) is 0 Å². The van der Waals surface area contributed by atoms with Gasteiger partial charge in [0.1, 0.15) is 0 Å². The van der Waals surface area contributed by atoms with Gasteiger partial charge >= 0.3 is 0 Å². The molecule has 0 spiro atoms. The van der Waals surface area contributed by atoms with Crippen molar-refractivity contribution >= 4 is 0 Å². The highest BCUT2D eigenvalue weighted by Crippen LogP contribution is 2.25. The highest BCUT2D eigenvalue weighted by Gasteiger charge is 2.22. The van der Waals surface area contributed by atoms with E-state index in [1.165, 1.54) is 0 Å². The molecule has 0 bridgehead atoms. The van der Waals surface area contributed by atoms with Crippen LogP contribution in [0, 0.1) is 0 Å². The molecular weight excluding hydrogens is 236 g/mol. The summed E-state index contributed by atoms with van der Waals surface area (Å²) in [5.41, 5.74) is 2.66. The van der Waals surface area contributed by atoms with E-state index in [1.54, 1.807) is 12.4 Å². The fraction of sp³-hybridized carbons (Fsp3) is 0.375. The molecular formula is C16H20N2O. The molecule has 2 rings (SSSR count). The second-order valence-corrected chi connectivity index (χ2v) is 5.73. The summed E-state index contributed by atoms with van der Waals surface area (Å²) >= 11 is 0. The first kappa shape index (κ1) is 13.7. The molecule has 2 aromatic rings. The van der Waals surface area contributed by atoms with Crippen LogP contribution in [0.4, 0.5) is 0 Å². The molecule has 3 heteroatoms. The summed E-state index contributed by atoms with van der Waals surface area (Å²) in [4.78, 5) is 8.81. The molecule has 1 atom stereocenters. The van der Waals surface area contributed by atoms with Crippen LogP contribution in [0.25, 0.3) is 0 Å². The van der Waals surface area contributed by atoms with Crippen molar-refractivity contribution in [1.82, 2.24) is 9.97 Å². The summed E-state index contributed by atoms with van der Waals surface area (Å²) in [6, 6.07) is 9.66. The van der Waals surface area contributed by atoms with E-state index in [0.29, 0.717) is 6.42 Å². The van der Waals surface area contributed by atoms with Crippen molar-refractivity contribution in [3.05, 3.63) is 59.7 Å². The fourth-order valence-electron chi connectivity index (χ4n) is 2.12. The minimum Gasteiger partial charge on any atom is -0.388 e. The molecule has 0 aliphatic carbocycles. The molecule has 1 unspecified atom stereocenters. The molecule has 19 heavy (non-hydrogen) atoms. The Morgan fingerprint density at radius 3 is 2.32 bits per heavy atom. The van der Waals surface area contributed by atoms with Crippen LogP contribution >= 0.6 is 0 Å². The third kappa shape index (κ3) is 3.38. The number of aliphatic hydroxyl groups excluding tert-OH is 1. The molecule has 0 amide bonds. The predicted octanol–water partition coefficient (Wildman–Crippen LogP) is 3.05. The van der Waals surface area contributed by atoms with Gasteiger partial charge in [-0.25, -0.2) is 0 Å². The van der Waals surface area contributed by atoms with Crippen LogP contribution in [-0.4, -0.2) is 15.1 Å². The third-order valence-corrected chi connectivity index (χ3v) is 3.06. The van der Waals surface area contributed by atoms with Crippen molar-refractivity contribution in [1.29, 1.82) is 0 Å². The van der Waals surface area contributed by atoms with Crippen LogP contribution < -0.4 is 0 Å². The van der Waals surface area contributed by atoms with Crippen molar-refractivity contribution in [2.24, 2.45) is 0 Å². The second-order valence-electron chi connectivity index (χ2n) is 5.73. The zero-order valence-electron chi connectivity index (χ0n) is 11.7. The lowest BCUT2D eigenvalue weighted by atomic mass is 9.88. The zero-order valence-corrected chi connectivity index (χ0v) is 11.7. The fourth-order valence-corrected chi connectivity index (χ4v) is 2.12. The lowest BCUT2D eigenvalue weighted by Crippen LogP contribution is -2.19. The summed E-state index contributed by atoms with van der Waals surface area (Å²) in [6.45, 7) is 6.32. The minimum absolute atomic E-state index is 0.0694. The van der Waals surface area contributed by atoms with E-state index in [1.807, 2.05) is 30.3 Å². The topological polar surface area (TPSA) is 46.0 Å². The molecule has 100 valence electrons. The summed E-state index contributed by atoms with van der Waals surface area (Å²) in [7, 11) is 0. The average molecular weight is 256 g/mol. The summed E-state index contributed by atoms with van der Waals surface area (Å²) < 4.78 is 0. The highest BCUT2D eigenvalue weighted by molar-refractivity contribution is 5.23. The molecule has 0 radical (unpaired) electrons. The van der Waals surface area contributed by atoms with Crippen molar-refractivity contribution in [2.75, 3.05) is 0 Å². The monoisotopic (exact) mass is 256 g/mol. The van der Waals surface area contributed by atoms with Gasteiger partial charge in [0, 0.05) is 24.2 Å². The van der Waals surface area contributed by atoms with Crippen LogP contribution in [0.15, 0.2) is 42.7 Å². The van der Waals surface area contributed by atoms with Crippen LogP contribution in [0.1, 0.15) is 43.8 Å². The van der Waals surface area contributed by atoms with Crippen molar-refractivity contribution in [3.8, 4) is 0 Å². The molecule has 0 saturated heterocycles. The zero-order chi connectivity index (χ0) is 13.9. The van der Waals surface area contributed by atoms with Gasteiger partial charge in [-0.1, -0.05) is 51.1 Å². The predicted molar refractivity (Wildman–Crippen MR) is 75.8 cm³/mol. The Hall–Kier alpha value is -1.74. The number of rotatable bonds is 3. The largest absolute Gasteiger partial charge is 0.388 e. The first-order valence-corrected chi connectivity index (χ1v) is 6.52. The Morgan fingerprint density at radius 2 is 1.68 bits per heavy atom. The molecule has 1 aromatic heterocycles. The molecule has 1 aromatic carbocycles. The average Bonchev–Trinajstić information content (AvgIpc) is 2.39. The smallest absolute Gasteiger partial charge is 0.0846 e. The van der Waals surface area contributed by atoms with E-state index in [-0.39, 0.29) is 5.41 Å². The molecule has 0 saturated carbocycles. The number of benzene rings is 1. The van der Waals surface area contributed by atoms with E-state index >= 15 is 0 Å². The van der Waals surface area contributed by atoms with Gasteiger partial charge in [-0.2, -0.15) is 0 Å². The number of aromatic nitrogens is 2. The highest BCUT2D eigenvalue weighted by atomic mass is 16.3. The van der Waals surface area contributed by atoms with E-state index in [4.69, 9.17) is 0 Å². The van der Waals surface area contributed by atoms with Crippen LogP contribution in [-0.2, 0) is 11.8 Å². The molecule has 1 heterocycles. The lowest BCUT2D eigenvalue weighted by Gasteiger charge is -2.21. The Balaban J connectivity index is 2.25. The maximum Gasteiger partial charge on any atom is 0.0846 e. The van der Waals surface area contributed by atoms with Crippen LogP contribution in [0.5, 0.6) is 0 Å². The van der Waals surface area contributed by atoms with E-state index < -0.39 is 6.10 Å². The number of nitrogens with zero attached hydrogens (tertiary/aromatic N) is 2. The number of hydrogen-bond acceptors (Lipinski definition) is 3. The Kier molecular flexibility index (Phi) is 3.96. The number of hydrogen-bond donors (Lipinski definition) is 1. The minimum atomic E-state index is -0.543. The van der Waals surface area contributed by atoms with Crippen molar-refractivity contribution in [2.45, 2.75) is 38.7 Å². The molecule has 0 fully saturated rings. The Morgan fingerprint density at radius 1 is 1.05 bits per heavy atom. The van der Waals surface area contributed by atoms with Crippen molar-refractivity contribution < 1.29 is 5.11 Å². The second kappa shape index (κ2) is 5.49. The summed E-state index contributed by atoms with van der Waals surface area (Å²) in [6.07, 6.45) is 3.34. The first-order chi connectivity index (χ1) is 8.98. The quantitative estimate of drug-likeness (QED) is 0.918. The Bertz CT molecular complexity index is 532. The molecule has 0 aliphatic rings. The normalized spacial score (nSPS) is 13.3. The van der Waals surface area contributed by atoms with Crippen LogP contribution in [0.3, 0.4) is 0 Å². The van der Waals surface area contributed by atoms with E-state index in [2.05, 4.69) is 30.7 Å². The van der Waals surface area contributed by atoms with Gasteiger partial charge in [-0.05, 0) is 5.56 Å². The number of aliphatic hydroxyl groups is 1. The van der Waals surface area contributed by atoms with Crippen LogP contribution in [0.2, 0.25) is 0 Å². The third-order valence-electron chi connectivity index (χ3n) is 3.06. The first-order valence-electron chi connectivity index (χ1n) is 6.52. The van der Waals surface area contributed by atoms with E-state index in [9.17, 15) is 5.11 Å². The summed E-state index contributed by atoms with van der Waals surface area (Å²) in [5, 5.41) is 10.3. The molecule has 3 nitrogen and oxygen atoms in total. The van der Waals surface area contributed by atoms with Gasteiger partial charge in [-0.15, -0.1) is 0 Å². The Labute approximate surface area is 114 Å². The molecule has 0 aliphatic heterocycles. The molecule has 1 N–H and O–H groups in total. The standard InChI is InChI=1S/C16H20N2O/c1-16(2,3)15-13(17-9-10-18-15)11-14(19)12-7-5-4-6-8-12/h4-10,14,19H,11H2,1-3H3. The van der Waals surface area contributed by atoms with Gasteiger partial charge in [-0.3, -0.25) is 9.97 Å². The SMILES string of the molecule is CC(C)(C)c1nccnc1CC(O)c1ccccc1. The maximum atomic E-state index is 10.3. The van der Waals surface area contributed by atoms with Gasteiger partial charge in [0.25, 0.3) is 0 Å². The summed E-state index contributed by atoms with van der Waals surface area (Å²) in [5.74, 6) is 0. The van der Waals surface area contributed by atoms with Gasteiger partial charge in [0.05, 0.1) is 17.5 Å². The lowest BCUT2D eigenvalue weighted by molar-refractivity contribution is 0.176.